The number of hydrogen-bond acceptors (Lipinski definition) is 5. The Balaban J connectivity index is 2.15. The quantitative estimate of drug-likeness (QED) is 0.798. The summed E-state index contributed by atoms with van der Waals surface area (Å²) in [6.45, 7) is 0.576. The van der Waals surface area contributed by atoms with Crippen molar-refractivity contribution in [2.24, 2.45) is 5.73 Å². The van der Waals surface area contributed by atoms with Gasteiger partial charge in [0.05, 0.1) is 19.8 Å². The molecular weight excluding hydrogens is 286 g/mol. The Morgan fingerprint density at radius 2 is 2.00 bits per heavy atom. The molecule has 21 heavy (non-hydrogen) atoms. The van der Waals surface area contributed by atoms with Crippen molar-refractivity contribution < 1.29 is 9.47 Å². The highest BCUT2D eigenvalue weighted by Crippen LogP contribution is 2.27. The largest absolute Gasteiger partial charge is 0.493 e. The van der Waals surface area contributed by atoms with E-state index in [-0.39, 0.29) is 0 Å². The van der Waals surface area contributed by atoms with Crippen molar-refractivity contribution in [1.82, 2.24) is 4.98 Å². The van der Waals surface area contributed by atoms with Gasteiger partial charge in [0, 0.05) is 12.7 Å². The third-order valence-corrected chi connectivity index (χ3v) is 3.20. The van der Waals surface area contributed by atoms with Gasteiger partial charge in [-0.15, -0.1) is 0 Å². The summed E-state index contributed by atoms with van der Waals surface area (Å²) < 4.78 is 10.5. The van der Waals surface area contributed by atoms with Crippen molar-refractivity contribution in [1.29, 1.82) is 0 Å². The van der Waals surface area contributed by atoms with Crippen LogP contribution in [0.3, 0.4) is 0 Å². The van der Waals surface area contributed by atoms with Crippen molar-refractivity contribution >= 4 is 23.0 Å². The smallest absolute Gasteiger partial charge is 0.161 e. The molecule has 0 bridgehead atoms. The molecular formula is C15H17N3O2S. The maximum Gasteiger partial charge on any atom is 0.161 e. The van der Waals surface area contributed by atoms with E-state index >= 15 is 0 Å². The number of nitrogens with zero attached hydrogens (tertiary/aromatic N) is 1. The zero-order valence-corrected chi connectivity index (χ0v) is 12.7. The maximum atomic E-state index is 5.68. The molecule has 6 heteroatoms. The van der Waals surface area contributed by atoms with E-state index in [0.717, 1.165) is 11.1 Å². The molecule has 0 amide bonds. The molecule has 2 rings (SSSR count). The molecule has 1 aromatic carbocycles. The second-order valence-corrected chi connectivity index (χ2v) is 4.75. The molecule has 110 valence electrons. The van der Waals surface area contributed by atoms with Crippen molar-refractivity contribution in [3.63, 3.8) is 0 Å². The van der Waals surface area contributed by atoms with E-state index < -0.39 is 0 Å². The molecule has 0 atom stereocenters. The van der Waals surface area contributed by atoms with Crippen LogP contribution in [0.4, 0.5) is 5.82 Å². The van der Waals surface area contributed by atoms with Gasteiger partial charge < -0.3 is 20.5 Å². The molecule has 0 aliphatic heterocycles. The van der Waals surface area contributed by atoms with Crippen LogP contribution in [0.2, 0.25) is 0 Å². The van der Waals surface area contributed by atoms with Crippen LogP contribution in [-0.4, -0.2) is 24.2 Å². The van der Waals surface area contributed by atoms with E-state index in [4.69, 9.17) is 27.4 Å². The first-order valence-electron chi connectivity index (χ1n) is 6.35. The number of methoxy groups -OCH3 is 2. The van der Waals surface area contributed by atoms with Crippen molar-refractivity contribution in [2.75, 3.05) is 19.5 Å². The lowest BCUT2D eigenvalue weighted by molar-refractivity contribution is 0.354. The van der Waals surface area contributed by atoms with Gasteiger partial charge in [0.15, 0.2) is 11.5 Å². The van der Waals surface area contributed by atoms with Gasteiger partial charge in [-0.3, -0.25) is 0 Å². The predicted octanol–water partition coefficient (Wildman–Crippen LogP) is 2.35. The zero-order valence-electron chi connectivity index (χ0n) is 11.9. The van der Waals surface area contributed by atoms with Crippen molar-refractivity contribution in [3.05, 3.63) is 47.7 Å². The lowest BCUT2D eigenvalue weighted by atomic mass is 10.2. The van der Waals surface area contributed by atoms with E-state index in [1.807, 2.05) is 24.3 Å². The summed E-state index contributed by atoms with van der Waals surface area (Å²) in [6, 6.07) is 9.37. The Morgan fingerprint density at radius 3 is 2.67 bits per heavy atom. The van der Waals surface area contributed by atoms with Gasteiger partial charge in [0.2, 0.25) is 0 Å². The molecule has 0 saturated heterocycles. The van der Waals surface area contributed by atoms with Gasteiger partial charge in [0.25, 0.3) is 0 Å². The SMILES string of the molecule is COc1ccc(CNc2ncccc2C(N)=S)cc1OC. The number of aromatic nitrogens is 1. The number of nitrogens with two attached hydrogens (primary N) is 1. The molecule has 0 aliphatic carbocycles. The van der Waals surface area contributed by atoms with Gasteiger partial charge in [-0.25, -0.2) is 4.98 Å². The fourth-order valence-electron chi connectivity index (χ4n) is 1.92. The fraction of sp³-hybridized carbons (Fsp3) is 0.200. The lowest BCUT2D eigenvalue weighted by Crippen LogP contribution is -2.14. The summed E-state index contributed by atoms with van der Waals surface area (Å²) in [5.74, 6) is 2.05. The molecule has 0 unspecified atom stereocenters. The highest BCUT2D eigenvalue weighted by atomic mass is 32.1. The van der Waals surface area contributed by atoms with Crippen molar-refractivity contribution in [3.8, 4) is 11.5 Å². The molecule has 3 N–H and O–H groups in total. The standard InChI is InChI=1S/C15H17N3O2S/c1-19-12-6-5-10(8-13(12)20-2)9-18-15-11(14(16)21)4-3-7-17-15/h3-8H,9H2,1-2H3,(H2,16,21)(H,17,18). The number of hydrogen-bond donors (Lipinski definition) is 2. The maximum absolute atomic E-state index is 5.68. The normalized spacial score (nSPS) is 10.0. The molecule has 0 radical (unpaired) electrons. The third-order valence-electron chi connectivity index (χ3n) is 2.98. The van der Waals surface area contributed by atoms with E-state index in [1.165, 1.54) is 0 Å². The van der Waals surface area contributed by atoms with Crippen LogP contribution >= 0.6 is 12.2 Å². The summed E-state index contributed by atoms with van der Waals surface area (Å²) in [5, 5.41) is 3.22. The van der Waals surface area contributed by atoms with Crippen LogP contribution < -0.4 is 20.5 Å². The Labute approximate surface area is 129 Å². The van der Waals surface area contributed by atoms with E-state index in [9.17, 15) is 0 Å². The Kier molecular flexibility index (Phi) is 4.94. The van der Waals surface area contributed by atoms with E-state index in [0.29, 0.717) is 28.9 Å². The van der Waals surface area contributed by atoms with Crippen molar-refractivity contribution in [2.45, 2.75) is 6.54 Å². The minimum absolute atomic E-state index is 0.318. The number of rotatable bonds is 6. The van der Waals surface area contributed by atoms with Crippen LogP contribution in [0.1, 0.15) is 11.1 Å². The van der Waals surface area contributed by atoms with Gasteiger partial charge in [-0.2, -0.15) is 0 Å². The fourth-order valence-corrected chi connectivity index (χ4v) is 2.09. The van der Waals surface area contributed by atoms with E-state index in [2.05, 4.69) is 10.3 Å². The number of benzene rings is 1. The van der Waals surface area contributed by atoms with Gasteiger partial charge in [-0.05, 0) is 29.8 Å². The topological polar surface area (TPSA) is 69.4 Å². The summed E-state index contributed by atoms with van der Waals surface area (Å²) in [5.41, 5.74) is 7.45. The number of anilines is 1. The Bertz CT molecular complexity index is 647. The lowest BCUT2D eigenvalue weighted by Gasteiger charge is -2.12. The molecule has 1 heterocycles. The highest BCUT2D eigenvalue weighted by molar-refractivity contribution is 7.80. The van der Waals surface area contributed by atoms with E-state index in [1.54, 1.807) is 26.5 Å². The molecule has 0 spiro atoms. The van der Waals surface area contributed by atoms with Gasteiger partial charge in [-0.1, -0.05) is 18.3 Å². The number of ether oxygens (including phenoxy) is 2. The number of thiocarbonyl (C=S) groups is 1. The first-order chi connectivity index (χ1) is 10.2. The molecule has 0 saturated carbocycles. The van der Waals surface area contributed by atoms with Crippen LogP contribution in [0.15, 0.2) is 36.5 Å². The Morgan fingerprint density at radius 1 is 1.24 bits per heavy atom. The summed E-state index contributed by atoms with van der Waals surface area (Å²) in [4.78, 5) is 4.57. The second kappa shape index (κ2) is 6.90. The monoisotopic (exact) mass is 303 g/mol. The molecule has 2 aromatic rings. The predicted molar refractivity (Wildman–Crippen MR) is 87.0 cm³/mol. The molecule has 5 nitrogen and oxygen atoms in total. The van der Waals surface area contributed by atoms with Gasteiger partial charge >= 0.3 is 0 Å². The first-order valence-corrected chi connectivity index (χ1v) is 6.76. The summed E-state index contributed by atoms with van der Waals surface area (Å²) >= 11 is 5.01. The molecule has 0 aliphatic rings. The van der Waals surface area contributed by atoms with Gasteiger partial charge in [0.1, 0.15) is 10.8 Å². The Hall–Kier alpha value is -2.34. The second-order valence-electron chi connectivity index (χ2n) is 4.31. The first kappa shape index (κ1) is 15.1. The zero-order chi connectivity index (χ0) is 15.2. The molecule has 0 fully saturated rings. The average molecular weight is 303 g/mol. The third kappa shape index (κ3) is 3.61. The number of nitrogens with one attached hydrogen (secondary N) is 1. The van der Waals surface area contributed by atoms with Crippen LogP contribution in [0.5, 0.6) is 11.5 Å². The summed E-state index contributed by atoms with van der Waals surface area (Å²) in [6.07, 6.45) is 1.69. The highest BCUT2D eigenvalue weighted by Gasteiger charge is 2.07. The van der Waals surface area contributed by atoms with Crippen LogP contribution in [-0.2, 0) is 6.54 Å². The minimum Gasteiger partial charge on any atom is -0.493 e. The molecule has 1 aromatic heterocycles. The average Bonchev–Trinajstić information content (AvgIpc) is 2.52. The number of pyridine rings is 1. The minimum atomic E-state index is 0.318. The van der Waals surface area contributed by atoms with Crippen LogP contribution in [0.25, 0.3) is 0 Å². The summed E-state index contributed by atoms with van der Waals surface area (Å²) in [7, 11) is 3.22. The van der Waals surface area contributed by atoms with Crippen LogP contribution in [0, 0.1) is 0 Å².